The molecule has 1 amide bonds. The second-order valence-corrected chi connectivity index (χ2v) is 6.19. The number of carbonyl (C=O) groups excluding carboxylic acids is 1. The molecule has 3 N–H and O–H groups in total. The van der Waals surface area contributed by atoms with Gasteiger partial charge in [-0.25, -0.2) is 0 Å². The van der Waals surface area contributed by atoms with Crippen LogP contribution in [0.3, 0.4) is 0 Å². The molecule has 3 nitrogen and oxygen atoms in total. The van der Waals surface area contributed by atoms with Crippen molar-refractivity contribution < 1.29 is 4.79 Å². The molecule has 1 aliphatic carbocycles. The van der Waals surface area contributed by atoms with Gasteiger partial charge in [-0.3, -0.25) is 4.79 Å². The van der Waals surface area contributed by atoms with Crippen LogP contribution < -0.4 is 11.1 Å². The average Bonchev–Trinajstić information content (AvgIpc) is 2.42. The molecule has 1 aliphatic rings. The third-order valence-corrected chi connectivity index (χ3v) is 4.93. The van der Waals surface area contributed by atoms with Crippen molar-refractivity contribution in [3.05, 3.63) is 29.8 Å². The minimum Gasteiger partial charge on any atom is -0.398 e. The lowest BCUT2D eigenvalue weighted by Crippen LogP contribution is -2.44. The molecule has 0 radical (unpaired) electrons. The van der Waals surface area contributed by atoms with Gasteiger partial charge in [-0.2, -0.15) is 11.8 Å². The van der Waals surface area contributed by atoms with Crippen molar-refractivity contribution >= 4 is 23.4 Å². The maximum absolute atomic E-state index is 12.1. The standard InChI is InChI=1S/C15H22N2OS/c1-19-14-9-5-4-8-13(14)17-15(18)10-11-6-2-3-7-12(11)16/h2-3,6-7,13-14H,4-5,8-10,16H2,1H3,(H,17,18). The largest absolute Gasteiger partial charge is 0.398 e. The lowest BCUT2D eigenvalue weighted by molar-refractivity contribution is -0.121. The summed E-state index contributed by atoms with van der Waals surface area (Å²) in [6.07, 6.45) is 7.31. The normalized spacial score (nSPS) is 23.0. The molecule has 2 rings (SSSR count). The highest BCUT2D eigenvalue weighted by molar-refractivity contribution is 7.99. The van der Waals surface area contributed by atoms with Gasteiger partial charge in [-0.1, -0.05) is 31.0 Å². The quantitative estimate of drug-likeness (QED) is 0.832. The van der Waals surface area contributed by atoms with Crippen LogP contribution >= 0.6 is 11.8 Å². The van der Waals surface area contributed by atoms with E-state index < -0.39 is 0 Å². The van der Waals surface area contributed by atoms with Crippen molar-refractivity contribution in [3.8, 4) is 0 Å². The van der Waals surface area contributed by atoms with Crippen molar-refractivity contribution in [2.24, 2.45) is 0 Å². The number of para-hydroxylation sites is 1. The Morgan fingerprint density at radius 2 is 2.11 bits per heavy atom. The Balaban J connectivity index is 1.92. The first-order valence-corrected chi connectivity index (χ1v) is 8.15. The van der Waals surface area contributed by atoms with Crippen LogP contribution in [0.1, 0.15) is 31.2 Å². The lowest BCUT2D eigenvalue weighted by Gasteiger charge is -2.31. The average molecular weight is 278 g/mol. The van der Waals surface area contributed by atoms with Gasteiger partial charge in [0.25, 0.3) is 0 Å². The Morgan fingerprint density at radius 1 is 1.37 bits per heavy atom. The summed E-state index contributed by atoms with van der Waals surface area (Å²) < 4.78 is 0. The predicted molar refractivity (Wildman–Crippen MR) is 82.3 cm³/mol. The first-order chi connectivity index (χ1) is 9.20. The molecule has 0 aliphatic heterocycles. The Labute approximate surface area is 119 Å². The molecule has 4 heteroatoms. The molecule has 2 atom stereocenters. The fourth-order valence-corrected chi connectivity index (χ4v) is 3.61. The molecular weight excluding hydrogens is 256 g/mol. The summed E-state index contributed by atoms with van der Waals surface area (Å²) in [6.45, 7) is 0. The fraction of sp³-hybridized carbons (Fsp3) is 0.533. The summed E-state index contributed by atoms with van der Waals surface area (Å²) in [5.74, 6) is 0.0869. The van der Waals surface area contributed by atoms with E-state index in [0.29, 0.717) is 23.4 Å². The number of nitrogens with one attached hydrogen (secondary N) is 1. The number of nitrogens with two attached hydrogens (primary N) is 1. The molecule has 1 aromatic rings. The Morgan fingerprint density at radius 3 is 2.84 bits per heavy atom. The number of hydrogen-bond acceptors (Lipinski definition) is 3. The molecule has 0 aromatic heterocycles. The first kappa shape index (κ1) is 14.3. The molecule has 0 saturated heterocycles. The molecule has 1 aromatic carbocycles. The lowest BCUT2D eigenvalue weighted by atomic mass is 9.94. The van der Waals surface area contributed by atoms with Gasteiger partial charge in [0.05, 0.1) is 6.42 Å². The molecule has 104 valence electrons. The van der Waals surface area contributed by atoms with Crippen molar-refractivity contribution in [2.75, 3.05) is 12.0 Å². The van der Waals surface area contributed by atoms with Gasteiger partial charge in [-0.05, 0) is 30.7 Å². The van der Waals surface area contributed by atoms with Gasteiger partial charge in [0.15, 0.2) is 0 Å². The molecule has 2 unspecified atom stereocenters. The van der Waals surface area contributed by atoms with Crippen LogP contribution in [0.2, 0.25) is 0 Å². The van der Waals surface area contributed by atoms with Crippen LogP contribution in [0, 0.1) is 0 Å². The van der Waals surface area contributed by atoms with Crippen molar-refractivity contribution in [3.63, 3.8) is 0 Å². The zero-order chi connectivity index (χ0) is 13.7. The van der Waals surface area contributed by atoms with E-state index in [4.69, 9.17) is 5.73 Å². The minimum absolute atomic E-state index is 0.0869. The SMILES string of the molecule is CSC1CCCCC1NC(=O)Cc1ccccc1N. The third kappa shape index (κ3) is 3.90. The van der Waals surface area contributed by atoms with Crippen LogP contribution in [-0.4, -0.2) is 23.5 Å². The molecule has 0 bridgehead atoms. The molecule has 0 spiro atoms. The first-order valence-electron chi connectivity index (χ1n) is 6.86. The summed E-state index contributed by atoms with van der Waals surface area (Å²) in [4.78, 5) is 12.1. The van der Waals surface area contributed by atoms with Gasteiger partial charge >= 0.3 is 0 Å². The predicted octanol–water partition coefficient (Wildman–Crippen LogP) is 2.60. The van der Waals surface area contributed by atoms with E-state index in [1.807, 2.05) is 36.0 Å². The number of amides is 1. The van der Waals surface area contributed by atoms with Crippen LogP contribution in [0.4, 0.5) is 5.69 Å². The van der Waals surface area contributed by atoms with E-state index in [-0.39, 0.29) is 5.91 Å². The maximum Gasteiger partial charge on any atom is 0.224 e. The third-order valence-electron chi connectivity index (χ3n) is 3.76. The van der Waals surface area contributed by atoms with Gasteiger partial charge in [-0.15, -0.1) is 0 Å². The monoisotopic (exact) mass is 278 g/mol. The Hall–Kier alpha value is -1.16. The van der Waals surface area contributed by atoms with Crippen molar-refractivity contribution in [2.45, 2.75) is 43.4 Å². The summed E-state index contributed by atoms with van der Waals surface area (Å²) in [5.41, 5.74) is 7.48. The van der Waals surface area contributed by atoms with Crippen LogP contribution in [0.5, 0.6) is 0 Å². The number of nitrogen functional groups attached to an aromatic ring is 1. The number of benzene rings is 1. The van der Waals surface area contributed by atoms with Gasteiger partial charge in [0.1, 0.15) is 0 Å². The number of anilines is 1. The zero-order valence-electron chi connectivity index (χ0n) is 11.4. The van der Waals surface area contributed by atoms with E-state index >= 15 is 0 Å². The van der Waals surface area contributed by atoms with Crippen molar-refractivity contribution in [1.29, 1.82) is 0 Å². The van der Waals surface area contributed by atoms with E-state index in [1.165, 1.54) is 19.3 Å². The van der Waals surface area contributed by atoms with Crippen LogP contribution in [0.15, 0.2) is 24.3 Å². The van der Waals surface area contributed by atoms with Gasteiger partial charge in [0, 0.05) is 17.0 Å². The van der Waals surface area contributed by atoms with Crippen molar-refractivity contribution in [1.82, 2.24) is 5.32 Å². The molecule has 1 fully saturated rings. The number of carbonyl (C=O) groups is 1. The highest BCUT2D eigenvalue weighted by atomic mass is 32.2. The Bertz CT molecular complexity index is 436. The number of hydrogen-bond donors (Lipinski definition) is 2. The smallest absolute Gasteiger partial charge is 0.224 e. The van der Waals surface area contributed by atoms with Gasteiger partial charge < -0.3 is 11.1 Å². The van der Waals surface area contributed by atoms with E-state index in [0.717, 1.165) is 12.0 Å². The van der Waals surface area contributed by atoms with Crippen LogP contribution in [0.25, 0.3) is 0 Å². The molecule has 19 heavy (non-hydrogen) atoms. The summed E-state index contributed by atoms with van der Waals surface area (Å²) in [6, 6.07) is 7.89. The topological polar surface area (TPSA) is 55.1 Å². The summed E-state index contributed by atoms with van der Waals surface area (Å²) in [5, 5.41) is 3.74. The van der Waals surface area contributed by atoms with E-state index in [9.17, 15) is 4.79 Å². The van der Waals surface area contributed by atoms with Gasteiger partial charge in [0.2, 0.25) is 5.91 Å². The molecule has 1 saturated carbocycles. The number of rotatable bonds is 4. The van der Waals surface area contributed by atoms with E-state index in [1.54, 1.807) is 0 Å². The second kappa shape index (κ2) is 6.85. The Kier molecular flexibility index (Phi) is 5.14. The maximum atomic E-state index is 12.1. The molecular formula is C15H22N2OS. The highest BCUT2D eigenvalue weighted by Gasteiger charge is 2.25. The zero-order valence-corrected chi connectivity index (χ0v) is 12.2. The molecule has 0 heterocycles. The van der Waals surface area contributed by atoms with E-state index in [2.05, 4.69) is 11.6 Å². The fourth-order valence-electron chi connectivity index (χ4n) is 2.67. The summed E-state index contributed by atoms with van der Waals surface area (Å²) >= 11 is 1.87. The summed E-state index contributed by atoms with van der Waals surface area (Å²) in [7, 11) is 0. The number of thioether (sulfide) groups is 1. The minimum atomic E-state index is 0.0869. The highest BCUT2D eigenvalue weighted by Crippen LogP contribution is 2.27. The second-order valence-electron chi connectivity index (χ2n) is 5.11. The van der Waals surface area contributed by atoms with Crippen LogP contribution in [-0.2, 0) is 11.2 Å².